The Morgan fingerprint density at radius 1 is 1.26 bits per heavy atom. The lowest BCUT2D eigenvalue weighted by atomic mass is 10.1. The molecule has 122 valence electrons. The first kappa shape index (κ1) is 15.7. The monoisotopic (exact) mass is 315 g/mol. The second-order valence-corrected chi connectivity index (χ2v) is 5.70. The molecule has 1 aliphatic heterocycles. The van der Waals surface area contributed by atoms with Crippen molar-refractivity contribution in [1.82, 2.24) is 15.1 Å². The van der Waals surface area contributed by atoms with E-state index in [1.165, 1.54) is 4.68 Å². The smallest absolute Gasteiger partial charge is 0.267 e. The van der Waals surface area contributed by atoms with Crippen LogP contribution >= 0.6 is 0 Å². The van der Waals surface area contributed by atoms with E-state index in [1.54, 1.807) is 19.2 Å². The Kier molecular flexibility index (Phi) is 4.73. The second kappa shape index (κ2) is 6.93. The first-order valence-corrected chi connectivity index (χ1v) is 7.68. The van der Waals surface area contributed by atoms with Crippen molar-refractivity contribution in [1.29, 1.82) is 0 Å². The van der Waals surface area contributed by atoms with E-state index < -0.39 is 0 Å². The predicted octanol–water partition coefficient (Wildman–Crippen LogP) is 1.29. The number of hydrogen-bond acceptors (Lipinski definition) is 5. The average Bonchev–Trinajstić information content (AvgIpc) is 3.04. The van der Waals surface area contributed by atoms with E-state index in [9.17, 15) is 4.79 Å². The third-order valence-electron chi connectivity index (χ3n) is 4.05. The second-order valence-electron chi connectivity index (χ2n) is 5.70. The van der Waals surface area contributed by atoms with Gasteiger partial charge in [0.1, 0.15) is 5.75 Å². The minimum Gasteiger partial charge on any atom is -0.497 e. The van der Waals surface area contributed by atoms with Crippen LogP contribution in [0.5, 0.6) is 5.75 Å². The van der Waals surface area contributed by atoms with E-state index in [4.69, 9.17) is 9.47 Å². The molecule has 2 atom stereocenters. The Morgan fingerprint density at radius 3 is 2.78 bits per heavy atom. The largest absolute Gasteiger partial charge is 0.497 e. The van der Waals surface area contributed by atoms with Gasteiger partial charge in [-0.25, -0.2) is 4.68 Å². The lowest BCUT2D eigenvalue weighted by Gasteiger charge is -2.20. The molecule has 23 heavy (non-hydrogen) atoms. The summed E-state index contributed by atoms with van der Waals surface area (Å²) in [6, 6.07) is 11.2. The number of ether oxygens (including phenoxy) is 2. The first-order valence-electron chi connectivity index (χ1n) is 7.68. The van der Waals surface area contributed by atoms with Crippen molar-refractivity contribution < 1.29 is 9.47 Å². The van der Waals surface area contributed by atoms with Crippen LogP contribution < -0.4 is 15.6 Å². The number of benzene rings is 1. The van der Waals surface area contributed by atoms with E-state index in [0.29, 0.717) is 19.8 Å². The molecule has 1 saturated heterocycles. The van der Waals surface area contributed by atoms with Gasteiger partial charge in [-0.15, -0.1) is 0 Å². The van der Waals surface area contributed by atoms with Crippen LogP contribution in [0.1, 0.15) is 17.3 Å². The summed E-state index contributed by atoms with van der Waals surface area (Å²) in [6.45, 7) is 3.65. The summed E-state index contributed by atoms with van der Waals surface area (Å²) in [5.41, 5.74) is 1.88. The highest BCUT2D eigenvalue weighted by molar-refractivity contribution is 5.27. The summed E-state index contributed by atoms with van der Waals surface area (Å²) in [4.78, 5) is 12.1. The summed E-state index contributed by atoms with van der Waals surface area (Å²) < 4.78 is 12.3. The molecular weight excluding hydrogens is 294 g/mol. The van der Waals surface area contributed by atoms with Crippen molar-refractivity contribution in [3.8, 4) is 5.75 Å². The lowest BCUT2D eigenvalue weighted by molar-refractivity contribution is 0.180. The predicted molar refractivity (Wildman–Crippen MR) is 86.7 cm³/mol. The number of methoxy groups -OCH3 is 1. The maximum atomic E-state index is 12.1. The van der Waals surface area contributed by atoms with Crippen molar-refractivity contribution in [2.45, 2.75) is 25.6 Å². The molecule has 0 amide bonds. The topological polar surface area (TPSA) is 65.4 Å². The van der Waals surface area contributed by atoms with Crippen molar-refractivity contribution in [3.63, 3.8) is 0 Å². The third kappa shape index (κ3) is 3.60. The zero-order chi connectivity index (χ0) is 16.2. The van der Waals surface area contributed by atoms with Gasteiger partial charge >= 0.3 is 0 Å². The van der Waals surface area contributed by atoms with Crippen LogP contribution in [0.3, 0.4) is 0 Å². The summed E-state index contributed by atoms with van der Waals surface area (Å²) in [6.07, 6.45) is 0. The van der Waals surface area contributed by atoms with Crippen molar-refractivity contribution >= 4 is 0 Å². The van der Waals surface area contributed by atoms with Gasteiger partial charge in [-0.3, -0.25) is 4.79 Å². The van der Waals surface area contributed by atoms with Crippen molar-refractivity contribution in [2.75, 3.05) is 20.3 Å². The zero-order valence-electron chi connectivity index (χ0n) is 13.4. The Hall–Kier alpha value is -2.18. The van der Waals surface area contributed by atoms with Gasteiger partial charge in [-0.1, -0.05) is 12.1 Å². The van der Waals surface area contributed by atoms with Crippen LogP contribution in [-0.2, 0) is 11.3 Å². The lowest BCUT2D eigenvalue weighted by Crippen LogP contribution is -2.41. The molecule has 0 aliphatic carbocycles. The van der Waals surface area contributed by atoms with E-state index in [0.717, 1.165) is 17.0 Å². The molecule has 2 unspecified atom stereocenters. The van der Waals surface area contributed by atoms with Gasteiger partial charge in [-0.05, 0) is 30.7 Å². The maximum Gasteiger partial charge on any atom is 0.267 e. The molecule has 2 heterocycles. The van der Waals surface area contributed by atoms with Crippen LogP contribution in [0.2, 0.25) is 0 Å². The number of nitrogens with one attached hydrogen (secondary N) is 1. The average molecular weight is 315 g/mol. The first-order chi connectivity index (χ1) is 11.2. The molecule has 0 radical (unpaired) electrons. The van der Waals surface area contributed by atoms with Crippen LogP contribution in [0.15, 0.2) is 41.2 Å². The highest BCUT2D eigenvalue weighted by Crippen LogP contribution is 2.18. The Labute approximate surface area is 135 Å². The summed E-state index contributed by atoms with van der Waals surface area (Å²) in [5, 5.41) is 7.82. The number of aryl methyl sites for hydroxylation is 1. The fraction of sp³-hybridized carbons (Fsp3) is 0.412. The van der Waals surface area contributed by atoms with E-state index >= 15 is 0 Å². The number of aromatic nitrogens is 2. The summed E-state index contributed by atoms with van der Waals surface area (Å²) in [5.74, 6) is 0.839. The van der Waals surface area contributed by atoms with Gasteiger partial charge in [0.25, 0.3) is 5.56 Å². The van der Waals surface area contributed by atoms with E-state index in [1.807, 2.05) is 31.2 Å². The molecule has 3 rings (SSSR count). The molecule has 6 nitrogen and oxygen atoms in total. The highest BCUT2D eigenvalue weighted by Gasteiger charge is 2.30. The Bertz CT molecular complexity index is 712. The molecular formula is C17H21N3O3. The normalized spacial score (nSPS) is 20.6. The van der Waals surface area contributed by atoms with Gasteiger partial charge in [0.2, 0.25) is 0 Å². The fourth-order valence-electron chi connectivity index (χ4n) is 2.73. The molecule has 0 saturated carbocycles. The highest BCUT2D eigenvalue weighted by atomic mass is 16.5. The van der Waals surface area contributed by atoms with Gasteiger partial charge in [0.15, 0.2) is 0 Å². The van der Waals surface area contributed by atoms with Crippen LogP contribution in [-0.4, -0.2) is 36.1 Å². The standard InChI is InChI=1S/C17H21N3O3/c1-12-3-8-17(21)20(19-12)16-11-23-10-15(16)18-9-13-4-6-14(22-2)7-5-13/h3-8,15-16,18H,9-11H2,1-2H3. The third-order valence-corrected chi connectivity index (χ3v) is 4.05. The minimum atomic E-state index is -0.0950. The van der Waals surface area contributed by atoms with Crippen LogP contribution in [0.25, 0.3) is 0 Å². The molecule has 1 N–H and O–H groups in total. The van der Waals surface area contributed by atoms with Crippen LogP contribution in [0, 0.1) is 6.92 Å². The molecule has 0 bridgehead atoms. The van der Waals surface area contributed by atoms with Crippen molar-refractivity contribution in [3.05, 3.63) is 58.0 Å². The van der Waals surface area contributed by atoms with Gasteiger partial charge < -0.3 is 14.8 Å². The van der Waals surface area contributed by atoms with Gasteiger partial charge in [-0.2, -0.15) is 5.10 Å². The molecule has 1 aromatic heterocycles. The minimum absolute atomic E-state index is 0.0594. The van der Waals surface area contributed by atoms with Crippen molar-refractivity contribution in [2.24, 2.45) is 0 Å². The number of rotatable bonds is 5. The molecule has 6 heteroatoms. The van der Waals surface area contributed by atoms with E-state index in [2.05, 4.69) is 10.4 Å². The zero-order valence-corrected chi connectivity index (χ0v) is 13.4. The maximum absolute atomic E-state index is 12.1. The van der Waals surface area contributed by atoms with Crippen LogP contribution in [0.4, 0.5) is 0 Å². The fourth-order valence-corrected chi connectivity index (χ4v) is 2.73. The Morgan fingerprint density at radius 2 is 2.04 bits per heavy atom. The molecule has 1 aliphatic rings. The summed E-state index contributed by atoms with van der Waals surface area (Å²) in [7, 11) is 1.65. The number of nitrogens with zero attached hydrogens (tertiary/aromatic N) is 2. The molecule has 0 spiro atoms. The van der Waals surface area contributed by atoms with E-state index in [-0.39, 0.29) is 17.6 Å². The molecule has 1 aromatic carbocycles. The molecule has 1 fully saturated rings. The number of hydrogen-bond donors (Lipinski definition) is 1. The SMILES string of the molecule is COc1ccc(CNC2COCC2n2nc(C)ccc2=O)cc1. The quantitative estimate of drug-likeness (QED) is 0.901. The Balaban J connectivity index is 1.69. The summed E-state index contributed by atoms with van der Waals surface area (Å²) >= 11 is 0. The molecule has 2 aromatic rings. The van der Waals surface area contributed by atoms with Gasteiger partial charge in [0, 0.05) is 12.6 Å². The van der Waals surface area contributed by atoms with Gasteiger partial charge in [0.05, 0.1) is 38.1 Å².